The van der Waals surface area contributed by atoms with Gasteiger partial charge >= 0.3 is 0 Å². The van der Waals surface area contributed by atoms with Crippen molar-refractivity contribution in [3.8, 4) is 0 Å². The zero-order valence-electron chi connectivity index (χ0n) is 11.8. The Hall–Kier alpha value is -1.11. The number of hydrogen-bond acceptors (Lipinski definition) is 1. The van der Waals surface area contributed by atoms with Crippen LogP contribution >= 0.6 is 0 Å². The molecule has 0 saturated carbocycles. The molecular weight excluding hydrogens is 194 g/mol. The lowest BCUT2D eigenvalue weighted by Crippen LogP contribution is -2.12. The van der Waals surface area contributed by atoms with Crippen molar-refractivity contribution in [3.63, 3.8) is 0 Å². The van der Waals surface area contributed by atoms with Gasteiger partial charge in [0.1, 0.15) is 0 Å². The highest BCUT2D eigenvalue weighted by Gasteiger charge is 2.16. The molecule has 0 bridgehead atoms. The number of aliphatic imine (C=N–C) groups is 1. The molecule has 16 heavy (non-hydrogen) atoms. The van der Waals surface area contributed by atoms with E-state index in [0.717, 1.165) is 5.69 Å². The van der Waals surface area contributed by atoms with E-state index in [0.29, 0.717) is 0 Å². The van der Waals surface area contributed by atoms with Gasteiger partial charge in [-0.2, -0.15) is 0 Å². The summed E-state index contributed by atoms with van der Waals surface area (Å²) in [6.07, 6.45) is 1.84. The Balaban J connectivity index is 0.00000106. The highest BCUT2D eigenvalue weighted by atomic mass is 14.7. The third-order valence-corrected chi connectivity index (χ3v) is 2.38. The van der Waals surface area contributed by atoms with Crippen LogP contribution in [-0.2, 0) is 5.41 Å². The lowest BCUT2D eigenvalue weighted by atomic mass is 9.84. The summed E-state index contributed by atoms with van der Waals surface area (Å²) in [7, 11) is 0. The van der Waals surface area contributed by atoms with Crippen LogP contribution in [-0.4, -0.2) is 6.21 Å². The van der Waals surface area contributed by atoms with E-state index in [9.17, 15) is 0 Å². The Morgan fingerprint density at radius 3 is 2.12 bits per heavy atom. The third-order valence-electron chi connectivity index (χ3n) is 2.38. The lowest BCUT2D eigenvalue weighted by Gasteiger charge is -2.22. The van der Waals surface area contributed by atoms with E-state index in [4.69, 9.17) is 0 Å². The summed E-state index contributed by atoms with van der Waals surface area (Å²) >= 11 is 0. The Bertz CT molecular complexity index is 343. The molecule has 0 aliphatic heterocycles. The quantitative estimate of drug-likeness (QED) is 0.587. The Morgan fingerprint density at radius 2 is 1.69 bits per heavy atom. The third kappa shape index (κ3) is 3.80. The summed E-state index contributed by atoms with van der Waals surface area (Å²) in [6.45, 7) is 14.8. The second-order valence-electron chi connectivity index (χ2n) is 4.59. The molecule has 1 rings (SSSR count). The fourth-order valence-electron chi connectivity index (χ4n) is 1.71. The van der Waals surface area contributed by atoms with Gasteiger partial charge in [0.15, 0.2) is 0 Å². The summed E-state index contributed by atoms with van der Waals surface area (Å²) in [6, 6.07) is 6.32. The standard InChI is InChI=1S/C13H19N.C2H6/c1-6-14-12-9-7-8-11(10(12)2)13(3,4)5;1-2/h6-9H,1-5H3;1-2H3. The molecule has 1 nitrogen and oxygen atoms in total. The average molecular weight is 219 g/mol. The highest BCUT2D eigenvalue weighted by molar-refractivity contribution is 5.63. The van der Waals surface area contributed by atoms with E-state index in [1.165, 1.54) is 11.1 Å². The maximum atomic E-state index is 4.36. The second-order valence-corrected chi connectivity index (χ2v) is 4.59. The molecule has 0 radical (unpaired) electrons. The van der Waals surface area contributed by atoms with Crippen LogP contribution in [0.4, 0.5) is 5.69 Å². The summed E-state index contributed by atoms with van der Waals surface area (Å²) in [5.74, 6) is 0. The van der Waals surface area contributed by atoms with Crippen LogP contribution in [0.25, 0.3) is 0 Å². The van der Waals surface area contributed by atoms with Crippen molar-refractivity contribution in [1.82, 2.24) is 0 Å². The molecule has 0 unspecified atom stereocenters. The fourth-order valence-corrected chi connectivity index (χ4v) is 1.71. The second kappa shape index (κ2) is 6.47. The van der Waals surface area contributed by atoms with Crippen LogP contribution in [0.1, 0.15) is 52.7 Å². The Morgan fingerprint density at radius 1 is 1.12 bits per heavy atom. The molecule has 0 aliphatic rings. The van der Waals surface area contributed by atoms with Gasteiger partial charge < -0.3 is 0 Å². The fraction of sp³-hybridized carbons (Fsp3) is 0.533. The summed E-state index contributed by atoms with van der Waals surface area (Å²) in [5, 5.41) is 0. The van der Waals surface area contributed by atoms with Gasteiger partial charge in [0.25, 0.3) is 0 Å². The van der Waals surface area contributed by atoms with Gasteiger partial charge in [-0.1, -0.05) is 46.8 Å². The van der Waals surface area contributed by atoms with E-state index in [1.807, 2.05) is 27.0 Å². The maximum absolute atomic E-state index is 4.36. The van der Waals surface area contributed by atoms with E-state index in [2.05, 4.69) is 50.9 Å². The smallest absolute Gasteiger partial charge is 0.0657 e. The van der Waals surface area contributed by atoms with Crippen molar-refractivity contribution in [2.24, 2.45) is 4.99 Å². The molecular formula is C15H25N. The number of nitrogens with zero attached hydrogens (tertiary/aromatic N) is 1. The zero-order chi connectivity index (χ0) is 12.8. The molecule has 0 amide bonds. The number of hydrogen-bond donors (Lipinski definition) is 0. The molecule has 90 valence electrons. The van der Waals surface area contributed by atoms with Gasteiger partial charge in [0, 0.05) is 6.21 Å². The molecule has 1 aromatic rings. The first-order valence-corrected chi connectivity index (χ1v) is 6.05. The van der Waals surface area contributed by atoms with Crippen molar-refractivity contribution in [3.05, 3.63) is 29.3 Å². The molecule has 0 fully saturated rings. The highest BCUT2D eigenvalue weighted by Crippen LogP contribution is 2.30. The molecule has 0 aliphatic carbocycles. The van der Waals surface area contributed by atoms with Crippen molar-refractivity contribution in [1.29, 1.82) is 0 Å². The van der Waals surface area contributed by atoms with Gasteiger partial charge in [-0.15, -0.1) is 0 Å². The largest absolute Gasteiger partial charge is 0.261 e. The van der Waals surface area contributed by atoms with Gasteiger partial charge in [-0.05, 0) is 36.5 Å². The van der Waals surface area contributed by atoms with Crippen molar-refractivity contribution < 1.29 is 0 Å². The number of rotatable bonds is 1. The molecule has 0 heterocycles. The molecule has 0 aromatic heterocycles. The average Bonchev–Trinajstić information content (AvgIpc) is 2.23. The Kier molecular flexibility index (Phi) is 6.02. The molecule has 0 N–H and O–H groups in total. The van der Waals surface area contributed by atoms with Crippen molar-refractivity contribution >= 4 is 11.9 Å². The van der Waals surface area contributed by atoms with E-state index < -0.39 is 0 Å². The van der Waals surface area contributed by atoms with E-state index >= 15 is 0 Å². The molecule has 1 aromatic carbocycles. The minimum atomic E-state index is 0.198. The monoisotopic (exact) mass is 219 g/mol. The molecule has 1 heteroatoms. The number of benzene rings is 1. The zero-order valence-corrected chi connectivity index (χ0v) is 11.8. The van der Waals surface area contributed by atoms with Crippen LogP contribution in [0.15, 0.2) is 23.2 Å². The minimum absolute atomic E-state index is 0.198. The summed E-state index contributed by atoms with van der Waals surface area (Å²) < 4.78 is 0. The Labute approximate surface area is 101 Å². The van der Waals surface area contributed by atoms with Gasteiger partial charge in [0.05, 0.1) is 5.69 Å². The lowest BCUT2D eigenvalue weighted by molar-refractivity contribution is 0.586. The molecule has 0 saturated heterocycles. The van der Waals surface area contributed by atoms with Crippen LogP contribution in [0.3, 0.4) is 0 Å². The first-order valence-electron chi connectivity index (χ1n) is 6.05. The van der Waals surface area contributed by atoms with Crippen molar-refractivity contribution in [2.75, 3.05) is 0 Å². The normalized spacial score (nSPS) is 11.2. The topological polar surface area (TPSA) is 12.4 Å². The maximum Gasteiger partial charge on any atom is 0.0657 e. The molecule has 0 spiro atoms. The first kappa shape index (κ1) is 14.9. The van der Waals surface area contributed by atoms with Crippen molar-refractivity contribution in [2.45, 2.75) is 53.9 Å². The van der Waals surface area contributed by atoms with Crippen LogP contribution in [0.5, 0.6) is 0 Å². The van der Waals surface area contributed by atoms with Crippen LogP contribution in [0.2, 0.25) is 0 Å². The van der Waals surface area contributed by atoms with E-state index in [1.54, 1.807) is 0 Å². The van der Waals surface area contributed by atoms with Gasteiger partial charge in [-0.25, -0.2) is 0 Å². The first-order chi connectivity index (χ1) is 7.46. The summed E-state index contributed by atoms with van der Waals surface area (Å²) in [5.41, 5.74) is 3.95. The molecule has 0 atom stereocenters. The van der Waals surface area contributed by atoms with E-state index in [-0.39, 0.29) is 5.41 Å². The van der Waals surface area contributed by atoms with Crippen LogP contribution in [0, 0.1) is 6.92 Å². The van der Waals surface area contributed by atoms with Gasteiger partial charge in [0.2, 0.25) is 0 Å². The predicted octanol–water partition coefficient (Wildman–Crippen LogP) is 5.04. The van der Waals surface area contributed by atoms with Crippen LogP contribution < -0.4 is 0 Å². The SMILES string of the molecule is CC.CC=Nc1cccc(C(C)(C)C)c1C. The predicted molar refractivity (Wildman–Crippen MR) is 75.1 cm³/mol. The van der Waals surface area contributed by atoms with Gasteiger partial charge in [-0.3, -0.25) is 4.99 Å². The summed E-state index contributed by atoms with van der Waals surface area (Å²) in [4.78, 5) is 4.36. The minimum Gasteiger partial charge on any atom is -0.261 e.